The van der Waals surface area contributed by atoms with Gasteiger partial charge in [0.1, 0.15) is 0 Å². The van der Waals surface area contributed by atoms with Crippen LogP contribution in [0.2, 0.25) is 0 Å². The molecule has 1 atom stereocenters. The van der Waals surface area contributed by atoms with Gasteiger partial charge in [-0.05, 0) is 36.8 Å². The molecule has 1 heterocycles. The van der Waals surface area contributed by atoms with Crippen LogP contribution < -0.4 is 10.6 Å². The molecule has 2 N–H and O–H groups in total. The van der Waals surface area contributed by atoms with Gasteiger partial charge < -0.3 is 15.4 Å². The Morgan fingerprint density at radius 3 is 3.00 bits per heavy atom. The van der Waals surface area contributed by atoms with Crippen LogP contribution in [0.15, 0.2) is 6.07 Å². The van der Waals surface area contributed by atoms with Crippen molar-refractivity contribution in [1.29, 1.82) is 0 Å². The predicted octanol–water partition coefficient (Wildman–Crippen LogP) is 1.37. The maximum atomic E-state index is 12.1. The summed E-state index contributed by atoms with van der Waals surface area (Å²) >= 11 is 1.55. The number of nitrogens with one attached hydrogen (secondary N) is 2. The molecule has 5 nitrogen and oxygen atoms in total. The number of ether oxygens (including phenoxy) is 1. The number of rotatable bonds is 6. The zero-order chi connectivity index (χ0) is 15.2. The van der Waals surface area contributed by atoms with E-state index < -0.39 is 0 Å². The zero-order valence-electron chi connectivity index (χ0n) is 12.5. The SMILES string of the molecule is COCCNC(=O)CNC(=O)c1cc2c(s1)CCC(C)C2. The Balaban J connectivity index is 1.82. The van der Waals surface area contributed by atoms with Crippen LogP contribution in [0, 0.1) is 5.92 Å². The van der Waals surface area contributed by atoms with Crippen LogP contribution in [-0.2, 0) is 22.4 Å². The summed E-state index contributed by atoms with van der Waals surface area (Å²) < 4.78 is 4.84. The van der Waals surface area contributed by atoms with Crippen LogP contribution in [0.4, 0.5) is 0 Å². The smallest absolute Gasteiger partial charge is 0.261 e. The molecule has 0 bridgehead atoms. The highest BCUT2D eigenvalue weighted by molar-refractivity contribution is 7.14. The molecule has 0 radical (unpaired) electrons. The molecule has 1 unspecified atom stereocenters. The van der Waals surface area contributed by atoms with Crippen LogP contribution in [0.5, 0.6) is 0 Å². The van der Waals surface area contributed by atoms with E-state index in [0.717, 1.165) is 12.8 Å². The van der Waals surface area contributed by atoms with Gasteiger partial charge in [-0.3, -0.25) is 9.59 Å². The minimum Gasteiger partial charge on any atom is -0.383 e. The minimum atomic E-state index is -0.199. The number of methoxy groups -OCH3 is 1. The molecule has 0 aromatic carbocycles. The largest absolute Gasteiger partial charge is 0.383 e. The number of amides is 2. The van der Waals surface area contributed by atoms with E-state index in [1.807, 2.05) is 6.07 Å². The Bertz CT molecular complexity index is 513. The summed E-state index contributed by atoms with van der Waals surface area (Å²) in [5.41, 5.74) is 1.30. The molecule has 1 aliphatic carbocycles. The number of hydrogen-bond donors (Lipinski definition) is 2. The van der Waals surface area contributed by atoms with Gasteiger partial charge in [-0.25, -0.2) is 0 Å². The van der Waals surface area contributed by atoms with E-state index >= 15 is 0 Å². The lowest BCUT2D eigenvalue weighted by molar-refractivity contribution is -0.120. The van der Waals surface area contributed by atoms with Gasteiger partial charge in [-0.1, -0.05) is 6.92 Å². The van der Waals surface area contributed by atoms with E-state index in [1.165, 1.54) is 16.9 Å². The quantitative estimate of drug-likeness (QED) is 0.780. The number of aryl methyl sites for hydroxylation is 1. The Morgan fingerprint density at radius 1 is 1.43 bits per heavy atom. The van der Waals surface area contributed by atoms with Crippen molar-refractivity contribution < 1.29 is 14.3 Å². The molecular formula is C15H22N2O3S. The number of thiophene rings is 1. The van der Waals surface area contributed by atoms with E-state index in [1.54, 1.807) is 18.4 Å². The fourth-order valence-corrected chi connectivity index (χ4v) is 3.55. The number of carbonyl (C=O) groups is 2. The Morgan fingerprint density at radius 2 is 2.24 bits per heavy atom. The highest BCUT2D eigenvalue weighted by atomic mass is 32.1. The first-order chi connectivity index (χ1) is 10.1. The number of fused-ring (bicyclic) bond motifs is 1. The standard InChI is InChI=1S/C15H22N2O3S/c1-10-3-4-12-11(7-10)8-13(21-12)15(19)17-9-14(18)16-5-6-20-2/h8,10H,3-7,9H2,1-2H3,(H,16,18)(H,17,19). The average molecular weight is 310 g/mol. The lowest BCUT2D eigenvalue weighted by atomic mass is 9.90. The van der Waals surface area contributed by atoms with Crippen LogP contribution in [0.1, 0.15) is 33.5 Å². The van der Waals surface area contributed by atoms with E-state index in [-0.39, 0.29) is 18.4 Å². The average Bonchev–Trinajstić information content (AvgIpc) is 2.88. The van der Waals surface area contributed by atoms with E-state index in [9.17, 15) is 9.59 Å². The van der Waals surface area contributed by atoms with Gasteiger partial charge in [0.15, 0.2) is 0 Å². The fourth-order valence-electron chi connectivity index (χ4n) is 2.42. The van der Waals surface area contributed by atoms with Gasteiger partial charge in [0.25, 0.3) is 5.91 Å². The second-order valence-corrected chi connectivity index (χ2v) is 6.57. The highest BCUT2D eigenvalue weighted by Gasteiger charge is 2.20. The van der Waals surface area contributed by atoms with E-state index in [2.05, 4.69) is 17.6 Å². The Hall–Kier alpha value is -1.40. The summed E-state index contributed by atoms with van der Waals surface area (Å²) in [6.07, 6.45) is 3.30. The molecule has 2 rings (SSSR count). The molecule has 0 saturated carbocycles. The summed E-state index contributed by atoms with van der Waals surface area (Å²) in [5.74, 6) is 0.328. The van der Waals surface area contributed by atoms with Crippen molar-refractivity contribution in [3.8, 4) is 0 Å². The van der Waals surface area contributed by atoms with Crippen LogP contribution in [0.3, 0.4) is 0 Å². The molecule has 0 spiro atoms. The van der Waals surface area contributed by atoms with Crippen molar-refractivity contribution in [1.82, 2.24) is 10.6 Å². The normalized spacial score (nSPS) is 17.1. The topological polar surface area (TPSA) is 67.4 Å². The van der Waals surface area contributed by atoms with Gasteiger partial charge in [0.05, 0.1) is 18.0 Å². The summed E-state index contributed by atoms with van der Waals surface area (Å²) in [7, 11) is 1.58. The molecule has 0 fully saturated rings. The monoisotopic (exact) mass is 310 g/mol. The summed E-state index contributed by atoms with van der Waals surface area (Å²) in [4.78, 5) is 25.6. The van der Waals surface area contributed by atoms with E-state index in [0.29, 0.717) is 23.9 Å². The molecular weight excluding hydrogens is 288 g/mol. The fraction of sp³-hybridized carbons (Fsp3) is 0.600. The molecule has 0 aliphatic heterocycles. The van der Waals surface area contributed by atoms with Crippen molar-refractivity contribution in [2.75, 3.05) is 26.8 Å². The summed E-state index contributed by atoms with van der Waals surface area (Å²) in [5, 5.41) is 5.33. The van der Waals surface area contributed by atoms with Gasteiger partial charge in [0, 0.05) is 18.5 Å². The second-order valence-electron chi connectivity index (χ2n) is 5.43. The maximum Gasteiger partial charge on any atom is 0.261 e. The summed E-state index contributed by atoms with van der Waals surface area (Å²) in [6, 6.07) is 1.98. The Labute approximate surface area is 129 Å². The van der Waals surface area contributed by atoms with Gasteiger partial charge in [-0.15, -0.1) is 11.3 Å². The first-order valence-electron chi connectivity index (χ1n) is 7.25. The van der Waals surface area contributed by atoms with Crippen molar-refractivity contribution in [3.05, 3.63) is 21.4 Å². The van der Waals surface area contributed by atoms with Crippen molar-refractivity contribution in [2.45, 2.75) is 26.2 Å². The second kappa shape index (κ2) is 7.56. The van der Waals surface area contributed by atoms with Gasteiger partial charge in [-0.2, -0.15) is 0 Å². The lowest BCUT2D eigenvalue weighted by Gasteiger charge is -2.16. The maximum absolute atomic E-state index is 12.1. The molecule has 6 heteroatoms. The third kappa shape index (κ3) is 4.54. The van der Waals surface area contributed by atoms with Gasteiger partial charge in [0.2, 0.25) is 5.91 Å². The molecule has 0 saturated heterocycles. The summed E-state index contributed by atoms with van der Waals surface area (Å²) in [6.45, 7) is 3.16. The molecule has 2 amide bonds. The molecule has 1 aromatic heterocycles. The first kappa shape index (κ1) is 16.0. The third-order valence-electron chi connectivity index (χ3n) is 3.59. The first-order valence-corrected chi connectivity index (χ1v) is 8.07. The zero-order valence-corrected chi connectivity index (χ0v) is 13.3. The van der Waals surface area contributed by atoms with Crippen molar-refractivity contribution in [3.63, 3.8) is 0 Å². The van der Waals surface area contributed by atoms with E-state index in [4.69, 9.17) is 4.74 Å². The number of carbonyl (C=O) groups excluding carboxylic acids is 2. The molecule has 1 aliphatic rings. The van der Waals surface area contributed by atoms with Crippen molar-refractivity contribution >= 4 is 23.2 Å². The van der Waals surface area contributed by atoms with Gasteiger partial charge >= 0.3 is 0 Å². The van der Waals surface area contributed by atoms with Crippen LogP contribution in [-0.4, -0.2) is 38.6 Å². The predicted molar refractivity (Wildman–Crippen MR) is 82.7 cm³/mol. The molecule has 116 valence electrons. The minimum absolute atomic E-state index is 0.00151. The molecule has 1 aromatic rings. The van der Waals surface area contributed by atoms with Crippen LogP contribution in [0.25, 0.3) is 0 Å². The van der Waals surface area contributed by atoms with Crippen molar-refractivity contribution in [2.24, 2.45) is 5.92 Å². The lowest BCUT2D eigenvalue weighted by Crippen LogP contribution is -2.37. The molecule has 21 heavy (non-hydrogen) atoms. The number of hydrogen-bond acceptors (Lipinski definition) is 4. The highest BCUT2D eigenvalue weighted by Crippen LogP contribution is 2.32. The third-order valence-corrected chi connectivity index (χ3v) is 4.83. The van der Waals surface area contributed by atoms with Crippen LogP contribution >= 0.6 is 11.3 Å². The Kier molecular flexibility index (Phi) is 5.76.